The van der Waals surface area contributed by atoms with E-state index in [4.69, 9.17) is 13.8 Å². The molecule has 4 aromatic rings. The Bertz CT molecular complexity index is 1690. The average Bonchev–Trinajstić information content (AvgIpc) is 3.50. The molecule has 0 aliphatic carbocycles. The average molecular weight is 684 g/mol. The van der Waals surface area contributed by atoms with Crippen LogP contribution in [0.25, 0.3) is 0 Å². The first-order chi connectivity index (χ1) is 23.6. The molecule has 0 saturated carbocycles. The molecule has 0 spiro atoms. The Hall–Kier alpha value is -3.94. The molecule has 1 aliphatic heterocycles. The van der Waals surface area contributed by atoms with Gasteiger partial charge in [0.25, 0.3) is 14.1 Å². The molecule has 1 aromatic heterocycles. The quantitative estimate of drug-likeness (QED) is 0.0842. The highest BCUT2D eigenvalue weighted by Crippen LogP contribution is 2.47. The van der Waals surface area contributed by atoms with E-state index in [0.717, 1.165) is 16.7 Å². The third-order valence-electron chi connectivity index (χ3n) is 8.73. The van der Waals surface area contributed by atoms with E-state index >= 15 is 0 Å². The first-order valence-corrected chi connectivity index (χ1v) is 17.9. The number of nitrogens with zero attached hydrogens (tertiary/aromatic N) is 3. The van der Waals surface area contributed by atoms with E-state index in [1.165, 1.54) is 4.57 Å². The number of nitrogens with one attached hydrogen (secondary N) is 2. The van der Waals surface area contributed by atoms with Gasteiger partial charge in [0.2, 0.25) is 0 Å². The lowest BCUT2D eigenvalue weighted by molar-refractivity contribution is -0.0279. The molecule has 11 heteroatoms. The van der Waals surface area contributed by atoms with Gasteiger partial charge in [-0.05, 0) is 51.3 Å². The SMILES string of the molecule is Cc1cn([C@H]2C[C@@H](NC(c3ccccc3)(c3ccccc3)c3ccccc3)C(COP(OCCC#N)N(C(C)C)C(C)C)O2)c(=O)[nH]c1=O. The largest absolute Gasteiger partial charge is 0.351 e. The summed E-state index contributed by atoms with van der Waals surface area (Å²) in [6, 6.07) is 33.0. The number of nitriles is 1. The lowest BCUT2D eigenvalue weighted by atomic mass is 9.76. The smallest absolute Gasteiger partial charge is 0.330 e. The molecule has 258 valence electrons. The lowest BCUT2D eigenvalue weighted by Crippen LogP contribution is -2.53. The third kappa shape index (κ3) is 8.27. The van der Waals surface area contributed by atoms with Gasteiger partial charge < -0.3 is 13.8 Å². The summed E-state index contributed by atoms with van der Waals surface area (Å²) in [6.07, 6.45) is 1.03. The van der Waals surface area contributed by atoms with Gasteiger partial charge in [-0.15, -0.1) is 0 Å². The summed E-state index contributed by atoms with van der Waals surface area (Å²) in [4.78, 5) is 27.8. The van der Waals surface area contributed by atoms with Crippen molar-refractivity contribution in [2.45, 2.75) is 83.5 Å². The second-order valence-electron chi connectivity index (χ2n) is 12.8. The van der Waals surface area contributed by atoms with E-state index in [2.05, 4.69) is 85.1 Å². The molecule has 1 fully saturated rings. The van der Waals surface area contributed by atoms with E-state index in [1.54, 1.807) is 13.1 Å². The van der Waals surface area contributed by atoms with Crippen LogP contribution in [-0.2, 0) is 19.3 Å². The zero-order valence-electron chi connectivity index (χ0n) is 28.8. The Labute approximate surface area is 289 Å². The molecule has 0 bridgehead atoms. The van der Waals surface area contributed by atoms with Gasteiger partial charge in [-0.25, -0.2) is 9.46 Å². The van der Waals surface area contributed by atoms with Gasteiger partial charge in [0, 0.05) is 36.3 Å². The lowest BCUT2D eigenvalue weighted by Gasteiger charge is -2.40. The van der Waals surface area contributed by atoms with Gasteiger partial charge in [0.05, 0.1) is 37.3 Å². The molecule has 10 nitrogen and oxygen atoms in total. The van der Waals surface area contributed by atoms with Crippen LogP contribution in [0.4, 0.5) is 0 Å². The summed E-state index contributed by atoms with van der Waals surface area (Å²) in [7, 11) is -1.54. The van der Waals surface area contributed by atoms with Gasteiger partial charge in [-0.3, -0.25) is 19.7 Å². The zero-order valence-corrected chi connectivity index (χ0v) is 29.7. The maximum absolute atomic E-state index is 13.1. The molecular weight excluding hydrogens is 637 g/mol. The maximum Gasteiger partial charge on any atom is 0.330 e. The van der Waals surface area contributed by atoms with Crippen molar-refractivity contribution < 1.29 is 13.8 Å². The molecule has 1 aliphatic rings. The second-order valence-corrected chi connectivity index (χ2v) is 14.2. The van der Waals surface area contributed by atoms with Crippen molar-refractivity contribution in [1.29, 1.82) is 5.26 Å². The van der Waals surface area contributed by atoms with E-state index < -0.39 is 37.6 Å². The van der Waals surface area contributed by atoms with E-state index in [-0.39, 0.29) is 37.8 Å². The number of hydrogen-bond donors (Lipinski definition) is 2. The van der Waals surface area contributed by atoms with Gasteiger partial charge in [-0.1, -0.05) is 91.0 Å². The standard InChI is InChI=1S/C38H46N5O5P/c1-27(2)43(28(3)4)49(46-23-15-22-39)47-26-34-33(24-35(48-34)42-25-29(5)36(44)40-37(42)45)41-38(30-16-9-6-10-17-30,31-18-11-7-12-19-31)32-20-13-8-14-21-32/h6-14,16-21,25,27-28,33-35,41H,15,23-24,26H2,1-5H3,(H,40,44,45)/t33-,34?,35-,49?/m1/s1. The molecule has 4 atom stereocenters. The van der Waals surface area contributed by atoms with Gasteiger partial charge in [0.1, 0.15) is 6.23 Å². The Kier molecular flexibility index (Phi) is 12.3. The Morgan fingerprint density at radius 2 is 1.47 bits per heavy atom. The van der Waals surface area contributed by atoms with E-state index in [9.17, 15) is 14.9 Å². The third-order valence-corrected chi connectivity index (χ3v) is 10.8. The summed E-state index contributed by atoms with van der Waals surface area (Å²) < 4.78 is 23.2. The predicted octanol–water partition coefficient (Wildman–Crippen LogP) is 6.38. The number of aromatic nitrogens is 2. The normalized spacial score (nSPS) is 18.6. The summed E-state index contributed by atoms with van der Waals surface area (Å²) in [5.74, 6) is 0. The summed E-state index contributed by atoms with van der Waals surface area (Å²) in [5, 5.41) is 13.2. The minimum atomic E-state index is -1.54. The van der Waals surface area contributed by atoms with Crippen LogP contribution in [0.2, 0.25) is 0 Å². The summed E-state index contributed by atoms with van der Waals surface area (Å²) >= 11 is 0. The molecule has 49 heavy (non-hydrogen) atoms. The summed E-state index contributed by atoms with van der Waals surface area (Å²) in [5.41, 5.74) is 1.79. The minimum Gasteiger partial charge on any atom is -0.351 e. The Morgan fingerprint density at radius 3 is 1.96 bits per heavy atom. The van der Waals surface area contributed by atoms with Crippen LogP contribution in [0.5, 0.6) is 0 Å². The second kappa shape index (κ2) is 16.6. The fourth-order valence-electron chi connectivity index (χ4n) is 6.55. The minimum absolute atomic E-state index is 0.129. The molecule has 0 radical (unpaired) electrons. The molecule has 5 rings (SSSR count). The molecule has 3 aromatic carbocycles. The number of ether oxygens (including phenoxy) is 1. The van der Waals surface area contributed by atoms with Crippen molar-refractivity contribution in [3.8, 4) is 6.07 Å². The molecule has 1 saturated heterocycles. The number of aryl methyl sites for hydroxylation is 1. The highest BCUT2D eigenvalue weighted by atomic mass is 31.2. The van der Waals surface area contributed by atoms with Crippen molar-refractivity contribution in [1.82, 2.24) is 19.5 Å². The molecule has 2 N–H and O–H groups in total. The van der Waals surface area contributed by atoms with Crippen molar-refractivity contribution >= 4 is 8.53 Å². The number of H-pyrrole nitrogens is 1. The molecule has 2 unspecified atom stereocenters. The topological polar surface area (TPSA) is 122 Å². The molecule has 0 amide bonds. The number of rotatable bonds is 15. The number of aromatic amines is 1. The highest BCUT2D eigenvalue weighted by Gasteiger charge is 2.45. The van der Waals surface area contributed by atoms with Crippen LogP contribution in [-0.4, -0.2) is 51.7 Å². The highest BCUT2D eigenvalue weighted by molar-refractivity contribution is 7.44. The first-order valence-electron chi connectivity index (χ1n) is 16.8. The monoisotopic (exact) mass is 683 g/mol. The molecular formula is C38H46N5O5P. The maximum atomic E-state index is 13.1. The van der Waals surface area contributed by atoms with Crippen molar-refractivity contribution in [3.05, 3.63) is 140 Å². The van der Waals surface area contributed by atoms with Crippen LogP contribution >= 0.6 is 8.53 Å². The van der Waals surface area contributed by atoms with Gasteiger partial charge >= 0.3 is 5.69 Å². The Morgan fingerprint density at radius 1 is 0.939 bits per heavy atom. The predicted molar refractivity (Wildman–Crippen MR) is 192 cm³/mol. The van der Waals surface area contributed by atoms with Crippen LogP contribution in [0, 0.1) is 18.3 Å². The van der Waals surface area contributed by atoms with E-state index in [0.29, 0.717) is 12.0 Å². The Balaban J connectivity index is 1.59. The fourth-order valence-corrected chi connectivity index (χ4v) is 8.17. The zero-order chi connectivity index (χ0) is 35.0. The van der Waals surface area contributed by atoms with Gasteiger partial charge in [0.15, 0.2) is 0 Å². The number of hydrogen-bond acceptors (Lipinski definition) is 8. The van der Waals surface area contributed by atoms with Crippen molar-refractivity contribution in [3.63, 3.8) is 0 Å². The molecule has 2 heterocycles. The van der Waals surface area contributed by atoms with Gasteiger partial charge in [-0.2, -0.15) is 5.26 Å². The summed E-state index contributed by atoms with van der Waals surface area (Å²) in [6.45, 7) is 10.5. The van der Waals surface area contributed by atoms with E-state index in [1.807, 2.05) is 54.6 Å². The van der Waals surface area contributed by atoms with Crippen LogP contribution in [0.15, 0.2) is 107 Å². The van der Waals surface area contributed by atoms with Crippen LogP contribution in [0.1, 0.15) is 69.0 Å². The van der Waals surface area contributed by atoms with Crippen LogP contribution in [0.3, 0.4) is 0 Å². The van der Waals surface area contributed by atoms with Crippen molar-refractivity contribution in [2.24, 2.45) is 0 Å². The number of benzene rings is 3. The first kappa shape index (κ1) is 36.3. The van der Waals surface area contributed by atoms with Crippen molar-refractivity contribution in [2.75, 3.05) is 13.2 Å². The fraction of sp³-hybridized carbons (Fsp3) is 0.395. The van der Waals surface area contributed by atoms with Crippen LogP contribution < -0.4 is 16.6 Å².